The highest BCUT2D eigenvalue weighted by Gasteiger charge is 2.48. The summed E-state index contributed by atoms with van der Waals surface area (Å²) in [5, 5.41) is 3.00. The van der Waals surface area contributed by atoms with Crippen molar-refractivity contribution in [2.45, 2.75) is 68.1 Å². The van der Waals surface area contributed by atoms with Crippen LogP contribution in [0.4, 0.5) is 0 Å². The molecule has 0 atom stereocenters. The molecule has 4 rings (SSSR count). The van der Waals surface area contributed by atoms with Gasteiger partial charge in [0.15, 0.2) is 0 Å². The Morgan fingerprint density at radius 1 is 1.00 bits per heavy atom. The lowest BCUT2D eigenvalue weighted by Crippen LogP contribution is -2.45. The number of unbranched alkanes of at least 4 members (excludes halogenated alkanes) is 2. The molecule has 0 aromatic heterocycles. The van der Waals surface area contributed by atoms with E-state index in [2.05, 4.69) is 17.4 Å². The number of hydrogen-bond acceptors (Lipinski definition) is 2. The Morgan fingerprint density at radius 2 is 1.62 bits per heavy atom. The van der Waals surface area contributed by atoms with Gasteiger partial charge in [-0.15, -0.1) is 11.6 Å². The number of benzene rings is 1. The van der Waals surface area contributed by atoms with E-state index in [4.69, 9.17) is 17.3 Å². The van der Waals surface area contributed by atoms with Crippen molar-refractivity contribution in [2.24, 2.45) is 5.73 Å². The number of nitrogens with one attached hydrogen (secondary N) is 1. The first-order valence-corrected chi connectivity index (χ1v) is 9.73. The Labute approximate surface area is 150 Å². The van der Waals surface area contributed by atoms with Crippen LogP contribution in [-0.4, -0.2) is 23.9 Å². The number of amides is 1. The second-order valence-electron chi connectivity index (χ2n) is 7.61. The molecule has 3 aliphatic carbocycles. The van der Waals surface area contributed by atoms with E-state index in [1.165, 1.54) is 24.8 Å². The molecule has 0 radical (unpaired) electrons. The monoisotopic (exact) mass is 348 g/mol. The molecule has 1 aromatic rings. The highest BCUT2D eigenvalue weighted by molar-refractivity contribution is 6.24. The average molecular weight is 349 g/mol. The van der Waals surface area contributed by atoms with Gasteiger partial charge < -0.3 is 11.1 Å². The van der Waals surface area contributed by atoms with Crippen molar-refractivity contribution in [3.05, 3.63) is 35.4 Å². The molecule has 3 saturated carbocycles. The van der Waals surface area contributed by atoms with Gasteiger partial charge in [-0.25, -0.2) is 0 Å². The first-order chi connectivity index (χ1) is 11.6. The van der Waals surface area contributed by atoms with E-state index >= 15 is 0 Å². The number of alkyl halides is 1. The molecule has 1 amide bonds. The normalized spacial score (nSPS) is 28.8. The van der Waals surface area contributed by atoms with Crippen LogP contribution in [0.3, 0.4) is 0 Å². The van der Waals surface area contributed by atoms with Crippen LogP contribution in [0.15, 0.2) is 24.3 Å². The van der Waals surface area contributed by atoms with Gasteiger partial charge in [0, 0.05) is 17.0 Å². The van der Waals surface area contributed by atoms with Crippen LogP contribution in [0.5, 0.6) is 0 Å². The lowest BCUT2D eigenvalue weighted by atomic mass is 9.57. The molecule has 3 aliphatic rings. The van der Waals surface area contributed by atoms with Crippen LogP contribution >= 0.6 is 11.6 Å². The van der Waals surface area contributed by atoms with Gasteiger partial charge in [0.1, 0.15) is 0 Å². The van der Waals surface area contributed by atoms with E-state index in [0.29, 0.717) is 5.41 Å². The summed E-state index contributed by atoms with van der Waals surface area (Å²) in [6.07, 6.45) is 10.0. The zero-order valence-electron chi connectivity index (χ0n) is 14.5. The highest BCUT2D eigenvalue weighted by Crippen LogP contribution is 2.56. The minimum Gasteiger partial charge on any atom is -0.352 e. The first-order valence-electron chi connectivity index (χ1n) is 9.35. The van der Waals surface area contributed by atoms with Crippen molar-refractivity contribution < 1.29 is 4.79 Å². The summed E-state index contributed by atoms with van der Waals surface area (Å²) in [4.78, 5) is 12.3. The summed E-state index contributed by atoms with van der Waals surface area (Å²) in [6.45, 7) is 1.45. The lowest BCUT2D eigenvalue weighted by Gasteiger charge is -2.51. The summed E-state index contributed by atoms with van der Waals surface area (Å²) in [7, 11) is 0. The second-order valence-corrected chi connectivity index (χ2v) is 8.42. The number of rotatable bonds is 7. The van der Waals surface area contributed by atoms with Crippen molar-refractivity contribution in [3.63, 3.8) is 0 Å². The maximum Gasteiger partial charge on any atom is 0.251 e. The molecule has 24 heavy (non-hydrogen) atoms. The molecule has 3 nitrogen and oxygen atoms in total. The maximum absolute atomic E-state index is 12.2. The van der Waals surface area contributed by atoms with Crippen molar-refractivity contribution in [2.75, 3.05) is 13.1 Å². The van der Waals surface area contributed by atoms with Crippen molar-refractivity contribution in [1.82, 2.24) is 5.32 Å². The zero-order valence-corrected chi connectivity index (χ0v) is 15.2. The zero-order chi connectivity index (χ0) is 17.0. The average Bonchev–Trinajstić information content (AvgIpc) is 2.62. The van der Waals surface area contributed by atoms with Gasteiger partial charge in [0.2, 0.25) is 0 Å². The van der Waals surface area contributed by atoms with Gasteiger partial charge >= 0.3 is 0 Å². The van der Waals surface area contributed by atoms with Crippen molar-refractivity contribution in [3.8, 4) is 0 Å². The Kier molecular flexibility index (Phi) is 5.51. The summed E-state index contributed by atoms with van der Waals surface area (Å²) in [5.74, 6) is 0.0267. The number of halogens is 1. The first kappa shape index (κ1) is 17.8. The minimum absolute atomic E-state index is 0.0267. The number of carbonyl (C=O) groups is 1. The van der Waals surface area contributed by atoms with Crippen LogP contribution in [0, 0.1) is 0 Å². The molecule has 0 unspecified atom stereocenters. The predicted octanol–water partition coefficient (Wildman–Crippen LogP) is 4.13. The molecular weight excluding hydrogens is 320 g/mol. The van der Waals surface area contributed by atoms with E-state index in [-0.39, 0.29) is 10.8 Å². The third kappa shape index (κ3) is 3.78. The second kappa shape index (κ2) is 7.45. The van der Waals surface area contributed by atoms with Crippen LogP contribution in [0.2, 0.25) is 0 Å². The maximum atomic E-state index is 12.2. The fourth-order valence-corrected chi connectivity index (χ4v) is 4.58. The van der Waals surface area contributed by atoms with E-state index < -0.39 is 0 Å². The van der Waals surface area contributed by atoms with E-state index in [1.807, 2.05) is 12.1 Å². The predicted molar refractivity (Wildman–Crippen MR) is 99.6 cm³/mol. The Hall–Kier alpha value is -1.06. The van der Waals surface area contributed by atoms with Crippen molar-refractivity contribution >= 4 is 17.5 Å². The summed E-state index contributed by atoms with van der Waals surface area (Å²) >= 11 is 6.63. The van der Waals surface area contributed by atoms with Crippen molar-refractivity contribution in [1.29, 1.82) is 0 Å². The fraction of sp³-hybridized carbons (Fsp3) is 0.650. The molecule has 0 saturated heterocycles. The molecule has 132 valence electrons. The topological polar surface area (TPSA) is 55.1 Å². The summed E-state index contributed by atoms with van der Waals surface area (Å²) in [6, 6.07) is 8.29. The molecule has 1 aromatic carbocycles. The van der Waals surface area contributed by atoms with Gasteiger partial charge in [-0.1, -0.05) is 18.6 Å². The number of hydrogen-bond donors (Lipinski definition) is 2. The van der Waals surface area contributed by atoms with E-state index in [1.54, 1.807) is 0 Å². The van der Waals surface area contributed by atoms with Gasteiger partial charge in [-0.2, -0.15) is 0 Å². The largest absolute Gasteiger partial charge is 0.352 e. The van der Waals surface area contributed by atoms with Gasteiger partial charge in [0.25, 0.3) is 5.91 Å². The molecule has 2 bridgehead atoms. The lowest BCUT2D eigenvalue weighted by molar-refractivity contribution is 0.0953. The third-order valence-corrected chi connectivity index (χ3v) is 6.65. The minimum atomic E-state index is 0.0267. The molecule has 0 aliphatic heterocycles. The number of carbonyl (C=O) groups excluding carboxylic acids is 1. The molecule has 3 fully saturated rings. The third-order valence-electron chi connectivity index (χ3n) is 6.08. The van der Waals surface area contributed by atoms with Gasteiger partial charge in [-0.3, -0.25) is 4.79 Å². The highest BCUT2D eigenvalue weighted by atomic mass is 35.5. The Bertz CT molecular complexity index is 545. The molecule has 3 N–H and O–H groups in total. The number of nitrogens with two attached hydrogens (primary N) is 1. The Morgan fingerprint density at radius 3 is 2.21 bits per heavy atom. The van der Waals surface area contributed by atoms with Gasteiger partial charge in [0.05, 0.1) is 0 Å². The molecular formula is C20H29ClN2O. The van der Waals surface area contributed by atoms with Crippen LogP contribution in [0.1, 0.15) is 73.7 Å². The molecule has 0 heterocycles. The standard InChI is InChI=1S/C20H29ClN2O/c21-20-11-8-19(9-12-20,10-13-20)17-6-4-16(5-7-17)18(24)23-15-3-1-2-14-22/h4-7H,1-3,8-15,22H2,(H,23,24). The SMILES string of the molecule is NCCCCCNC(=O)c1ccc(C23CCC(Cl)(CC2)CC3)cc1. The molecule has 4 heteroatoms. The number of fused-ring (bicyclic) bond motifs is 3. The fourth-order valence-electron chi connectivity index (χ4n) is 4.30. The quantitative estimate of drug-likeness (QED) is 0.575. The molecule has 0 spiro atoms. The van der Waals surface area contributed by atoms with Crippen LogP contribution in [-0.2, 0) is 5.41 Å². The summed E-state index contributed by atoms with van der Waals surface area (Å²) < 4.78 is 0. The van der Waals surface area contributed by atoms with Crippen LogP contribution < -0.4 is 11.1 Å². The van der Waals surface area contributed by atoms with Crippen LogP contribution in [0.25, 0.3) is 0 Å². The summed E-state index contributed by atoms with van der Waals surface area (Å²) in [5.41, 5.74) is 7.92. The van der Waals surface area contributed by atoms with E-state index in [9.17, 15) is 4.79 Å². The van der Waals surface area contributed by atoms with E-state index in [0.717, 1.165) is 57.2 Å². The smallest absolute Gasteiger partial charge is 0.251 e. The van der Waals surface area contributed by atoms with Gasteiger partial charge in [-0.05, 0) is 81.0 Å². The Balaban J connectivity index is 1.56.